The van der Waals surface area contributed by atoms with Crippen molar-refractivity contribution in [1.82, 2.24) is 65.1 Å². The van der Waals surface area contributed by atoms with E-state index in [9.17, 15) is 33.6 Å². The number of imide groups is 1. The lowest BCUT2D eigenvalue weighted by Gasteiger charge is -2.46. The summed E-state index contributed by atoms with van der Waals surface area (Å²) in [6.45, 7) is 5.78. The lowest BCUT2D eigenvalue weighted by atomic mass is 9.74. The predicted molar refractivity (Wildman–Crippen MR) is 393 cm³/mol. The molecule has 5 fully saturated rings. The lowest BCUT2D eigenvalue weighted by Crippen LogP contribution is -2.68. The van der Waals surface area contributed by atoms with E-state index in [4.69, 9.17) is 9.57 Å². The number of carbonyl (C=O) groups excluding carboxylic acids is 15. The highest BCUT2D eigenvalue weighted by atomic mass is 16.7. The van der Waals surface area contributed by atoms with Crippen LogP contribution in [0.1, 0.15) is 168 Å². The SMILES string of the molecule is CCO[C@@H]1CC2C(=O)NC3(CCC3)C(=O)N(C)[C@@H](C3CCCC3)C(=O)N(C)[C@H](C(=O)N(C)C)CC(=O)N(C)[C@@H](CC3CCCC3)C(=O)N[C@@H]([C@@H](C)CC)C(=O)N(C)CC(=O)N(C)C3C=CCCN(C3=O)[C@@H](Cc3ccc(C)cc3)C(=O)N(C)CC(=O)N[C@@H](CCC(=O)ON3C(=O)c4ccccc4C3=O)C(=O)N2C1. The van der Waals surface area contributed by atoms with Gasteiger partial charge in [-0.15, -0.1) is 0 Å². The van der Waals surface area contributed by atoms with E-state index < -0.39 is 193 Å². The maximum atomic E-state index is 15.6. The van der Waals surface area contributed by atoms with E-state index in [0.717, 1.165) is 53.9 Å². The topological polar surface area (TPSA) is 343 Å². The minimum absolute atomic E-state index is 0.0112. The molecule has 0 aromatic heterocycles. The Labute approximate surface area is 632 Å². The predicted octanol–water partition coefficient (Wildman–Crippen LogP) is 2.78. The molecule has 30 heteroatoms. The second kappa shape index (κ2) is 36.1. The van der Waals surface area contributed by atoms with Crippen LogP contribution in [0.4, 0.5) is 0 Å². The van der Waals surface area contributed by atoms with Crippen molar-refractivity contribution in [3.05, 3.63) is 82.9 Å². The molecule has 2 aromatic rings. The first-order valence-electron chi connectivity index (χ1n) is 38.1. The number of amides is 14. The van der Waals surface area contributed by atoms with Gasteiger partial charge in [0.1, 0.15) is 53.9 Å². The summed E-state index contributed by atoms with van der Waals surface area (Å²) in [5.74, 6) is -12.5. The third kappa shape index (κ3) is 18.6. The molecule has 0 radical (unpaired) electrons. The van der Waals surface area contributed by atoms with Gasteiger partial charge in [0, 0.05) is 88.9 Å². The first-order valence-corrected chi connectivity index (χ1v) is 38.1. The molecule has 3 N–H and O–H groups in total. The molecule has 2 saturated heterocycles. The number of nitrogens with zero attached hydrogens (tertiary/aromatic N) is 10. The Hall–Kier alpha value is -9.61. The molecule has 1 spiro atoms. The number of aryl methyl sites for hydroxylation is 1. The summed E-state index contributed by atoms with van der Waals surface area (Å²) >= 11 is 0. The van der Waals surface area contributed by atoms with Crippen molar-refractivity contribution < 1.29 is 81.5 Å². The summed E-state index contributed by atoms with van der Waals surface area (Å²) < 4.78 is 6.06. The second-order valence-corrected chi connectivity index (χ2v) is 30.7. The standard InChI is InChI=1S/C78H109N13O17/c1-13-48(4)65-75(104)84(8)46-63(94)85(9)56-30-21-22-39-89(74(56)103)60(41-50-33-31-47(3)32-34-50)73(102)83(7)45-61(92)79-55(35-36-64(95)108-91-69(98)53-28-19-20-29-54(53)70(91)99)71(100)90-44-52(107-14-2)42-58(90)68(97)81-78(37-23-38-78)77(106)88(12)66(51-26-17-18-27-51)76(105)87(11)59(72(101)82(5)6)43-62(93)86(10)57(67(96)80-65)40-49-24-15-16-25-49/h19-21,28-34,48-49,51-52,55-60,65-66H,13-18,22-27,35-46H2,1-12H3,(H,79,92)(H,80,96)(H,81,97)/t48-,52+,55-,56?,57-,58?,59-,60-,65-,66-/m0/s1. The summed E-state index contributed by atoms with van der Waals surface area (Å²) in [6, 6.07) is 2.30. The van der Waals surface area contributed by atoms with Crippen molar-refractivity contribution in [2.75, 3.05) is 89.2 Å². The zero-order chi connectivity index (χ0) is 78.7. The fraction of sp³-hybridized carbons (Fsp3) is 0.628. The number of carbonyl (C=O) groups is 15. The van der Waals surface area contributed by atoms with Gasteiger partial charge in [0.2, 0.25) is 70.9 Å². The summed E-state index contributed by atoms with van der Waals surface area (Å²) in [4.78, 5) is 239. The molecule has 14 amide bonds. The Morgan fingerprint density at radius 2 is 1.30 bits per heavy atom. The summed E-state index contributed by atoms with van der Waals surface area (Å²) in [5.41, 5.74) is -0.117. The molecule has 7 aliphatic rings. The van der Waals surface area contributed by atoms with Crippen LogP contribution in [0.15, 0.2) is 60.7 Å². The molecular formula is C78H109N13O17. The molecule has 3 aliphatic carbocycles. The average molecular weight is 1500 g/mol. The Bertz CT molecular complexity index is 3740. The van der Waals surface area contributed by atoms with Gasteiger partial charge in [-0.3, -0.25) is 67.1 Å². The first kappa shape index (κ1) is 82.4. The first-order chi connectivity index (χ1) is 51.3. The molecule has 108 heavy (non-hydrogen) atoms. The van der Waals surface area contributed by atoms with E-state index in [1.54, 1.807) is 32.1 Å². The smallest absolute Gasteiger partial charge is 0.333 e. The number of benzene rings is 2. The summed E-state index contributed by atoms with van der Waals surface area (Å²) in [7, 11) is 11.4. The van der Waals surface area contributed by atoms with E-state index in [-0.39, 0.29) is 75.3 Å². The van der Waals surface area contributed by atoms with Gasteiger partial charge in [-0.05, 0) is 101 Å². The van der Waals surface area contributed by atoms with Crippen molar-refractivity contribution in [3.8, 4) is 0 Å². The molecule has 2 bridgehead atoms. The van der Waals surface area contributed by atoms with Crippen LogP contribution in [0, 0.1) is 24.7 Å². The highest BCUT2D eigenvalue weighted by molar-refractivity contribution is 6.21. The zero-order valence-corrected chi connectivity index (χ0v) is 64.6. The number of rotatable bonds is 14. The Balaban J connectivity index is 1.10. The molecule has 3 saturated carbocycles. The van der Waals surface area contributed by atoms with Crippen LogP contribution in [0.3, 0.4) is 0 Å². The second-order valence-electron chi connectivity index (χ2n) is 30.7. The minimum Gasteiger partial charge on any atom is -0.377 e. The lowest BCUT2D eigenvalue weighted by molar-refractivity contribution is -0.169. The quantitative estimate of drug-likeness (QED) is 0.181. The number of hydrogen-bond acceptors (Lipinski definition) is 17. The third-order valence-electron chi connectivity index (χ3n) is 23.1. The molecule has 9 rings (SSSR count). The third-order valence-corrected chi connectivity index (χ3v) is 23.1. The van der Waals surface area contributed by atoms with Crippen LogP contribution in [-0.4, -0.2) is 287 Å². The monoisotopic (exact) mass is 1500 g/mol. The average Bonchev–Trinajstić information content (AvgIpc) is 1.09. The summed E-state index contributed by atoms with van der Waals surface area (Å²) in [6.07, 6.45) is 7.77. The fourth-order valence-corrected chi connectivity index (χ4v) is 16.2. The zero-order valence-electron chi connectivity index (χ0n) is 64.6. The van der Waals surface area contributed by atoms with Gasteiger partial charge in [0.25, 0.3) is 11.8 Å². The van der Waals surface area contributed by atoms with E-state index in [1.807, 2.05) is 26.0 Å². The van der Waals surface area contributed by atoms with E-state index in [1.165, 1.54) is 121 Å². The molecule has 4 aliphatic heterocycles. The molecule has 2 unspecified atom stereocenters. The minimum atomic E-state index is -1.70. The molecular weight excluding hydrogens is 1390 g/mol. The van der Waals surface area contributed by atoms with Crippen LogP contribution in [0.2, 0.25) is 0 Å². The number of likely N-dealkylation sites (N-methyl/N-ethyl adjacent to an activating group) is 7. The van der Waals surface area contributed by atoms with Gasteiger partial charge in [0.05, 0.1) is 43.2 Å². The number of nitrogens with one attached hydrogen (secondary N) is 3. The van der Waals surface area contributed by atoms with Crippen LogP contribution >= 0.6 is 0 Å². The Morgan fingerprint density at radius 3 is 1.90 bits per heavy atom. The summed E-state index contributed by atoms with van der Waals surface area (Å²) in [5, 5.41) is 8.94. The molecule has 588 valence electrons. The van der Waals surface area contributed by atoms with Gasteiger partial charge < -0.3 is 69.6 Å². The van der Waals surface area contributed by atoms with E-state index >= 15 is 38.4 Å². The molecule has 4 heterocycles. The van der Waals surface area contributed by atoms with Crippen molar-refractivity contribution in [1.29, 1.82) is 0 Å². The van der Waals surface area contributed by atoms with Crippen molar-refractivity contribution in [3.63, 3.8) is 0 Å². The van der Waals surface area contributed by atoms with Gasteiger partial charge in [-0.1, -0.05) is 118 Å². The van der Waals surface area contributed by atoms with Crippen molar-refractivity contribution in [2.24, 2.45) is 17.8 Å². The van der Waals surface area contributed by atoms with E-state index in [0.29, 0.717) is 36.3 Å². The van der Waals surface area contributed by atoms with Crippen LogP contribution in [0.5, 0.6) is 0 Å². The van der Waals surface area contributed by atoms with Crippen LogP contribution in [-0.2, 0) is 78.3 Å². The fourth-order valence-electron chi connectivity index (χ4n) is 16.2. The van der Waals surface area contributed by atoms with Gasteiger partial charge in [-0.2, -0.15) is 0 Å². The molecule has 30 nitrogen and oxygen atoms in total. The van der Waals surface area contributed by atoms with Crippen molar-refractivity contribution in [2.45, 2.75) is 210 Å². The van der Waals surface area contributed by atoms with Gasteiger partial charge >= 0.3 is 5.97 Å². The number of fused-ring (bicyclic) bond motifs is 4. The van der Waals surface area contributed by atoms with E-state index in [2.05, 4.69) is 16.0 Å². The Kier molecular flexibility index (Phi) is 27.5. The number of hydrogen-bond donors (Lipinski definition) is 3. The Morgan fingerprint density at radius 1 is 0.667 bits per heavy atom. The van der Waals surface area contributed by atoms with Gasteiger partial charge in [0.15, 0.2) is 0 Å². The molecule has 10 atom stereocenters. The van der Waals surface area contributed by atoms with Crippen LogP contribution < -0.4 is 16.0 Å². The maximum absolute atomic E-state index is 15.6. The normalized spacial score (nSPS) is 26.7. The van der Waals surface area contributed by atoms with Crippen LogP contribution in [0.25, 0.3) is 0 Å². The van der Waals surface area contributed by atoms with Crippen molar-refractivity contribution >= 4 is 88.7 Å². The number of ether oxygens (including phenoxy) is 1. The molecule has 2 aromatic carbocycles. The number of hydroxylamine groups is 2. The highest BCUT2D eigenvalue weighted by Gasteiger charge is 2.54. The highest BCUT2D eigenvalue weighted by Crippen LogP contribution is 2.39. The van der Waals surface area contributed by atoms with Gasteiger partial charge in [-0.25, -0.2) is 4.79 Å². The maximum Gasteiger partial charge on any atom is 0.333 e. The largest absolute Gasteiger partial charge is 0.377 e.